The van der Waals surface area contributed by atoms with Gasteiger partial charge in [0.2, 0.25) is 0 Å². The van der Waals surface area contributed by atoms with Crippen LogP contribution in [-0.2, 0) is 0 Å². The largest absolute Gasteiger partial charge is 0.488 e. The SMILES string of the molecule is Brc1cccc(-c2cccc(-c3ccccc3)c2)c1.Brc1cccc(-c2cccc(Br)c2)c1.Cc1cccc(-c2ccc3c4c(c5ccccc5c3c2)C=[C+]C=C4)c1.OB(O)c1cccc(-c2cccc(-c3ccccc3)c2)c1.OB(O)c1ccccc1.c1ccc(-c2cccc(-c3cccc(-c4cccc(-c5ccc6c7ccccc7c7ccccc7c6c5)c4)c3)c2)cc1. The molecular weight excluding hydrogens is 1780 g/mol. The number of benzene rings is 21. The van der Waals surface area contributed by atoms with Gasteiger partial charge in [0, 0.05) is 35.7 Å². The predicted molar refractivity (Wildman–Crippen MR) is 565 cm³/mol. The molecule has 0 fully saturated rings. The molecule has 4 N–H and O–H groups in total. The number of fused-ring (bicyclic) bond motifs is 12. The first-order valence-electron chi connectivity index (χ1n) is 43.2. The van der Waals surface area contributed by atoms with E-state index in [0.29, 0.717) is 10.9 Å². The fourth-order valence-electron chi connectivity index (χ4n) is 16.7. The summed E-state index contributed by atoms with van der Waals surface area (Å²) in [6.07, 6.45) is 9.52. The van der Waals surface area contributed by atoms with Crippen LogP contribution in [0.2, 0.25) is 0 Å². The van der Waals surface area contributed by atoms with Crippen LogP contribution in [0.15, 0.2) is 493 Å². The Labute approximate surface area is 786 Å². The minimum absolute atomic E-state index is 0.498. The molecule has 622 valence electrons. The highest BCUT2D eigenvalue weighted by molar-refractivity contribution is 9.11. The third-order valence-corrected chi connectivity index (χ3v) is 24.6. The summed E-state index contributed by atoms with van der Waals surface area (Å²) in [5.41, 5.74) is 29.0. The van der Waals surface area contributed by atoms with Gasteiger partial charge in [0.25, 0.3) is 0 Å². The molecule has 22 rings (SSSR count). The summed E-state index contributed by atoms with van der Waals surface area (Å²) >= 11 is 10.5. The second-order valence-corrected chi connectivity index (χ2v) is 34.6. The molecule has 21 aromatic carbocycles. The first-order valence-corrected chi connectivity index (χ1v) is 45.6. The average molecular weight is 1870 g/mol. The van der Waals surface area contributed by atoms with Crippen molar-refractivity contribution >= 4 is 139 Å². The Hall–Kier alpha value is -14.3. The van der Waals surface area contributed by atoms with Gasteiger partial charge in [-0.15, -0.1) is 0 Å². The van der Waals surface area contributed by atoms with Crippen molar-refractivity contribution in [2.75, 3.05) is 0 Å². The molecule has 9 heteroatoms. The third kappa shape index (κ3) is 21.4. The molecule has 0 spiro atoms. The molecule has 130 heavy (non-hydrogen) atoms. The minimum Gasteiger partial charge on any atom is -0.423 e. The molecule has 1 aliphatic carbocycles. The molecule has 0 radical (unpaired) electrons. The van der Waals surface area contributed by atoms with Crippen LogP contribution in [0.3, 0.4) is 0 Å². The summed E-state index contributed by atoms with van der Waals surface area (Å²) in [5, 5.41) is 48.8. The minimum atomic E-state index is -1.44. The van der Waals surface area contributed by atoms with Crippen LogP contribution in [0.1, 0.15) is 16.7 Å². The summed E-state index contributed by atoms with van der Waals surface area (Å²) in [6.45, 7) is 2.14. The molecule has 0 saturated heterocycles. The van der Waals surface area contributed by atoms with Crippen molar-refractivity contribution in [3.63, 3.8) is 0 Å². The first kappa shape index (κ1) is 87.8. The molecular formula is C121H88B2Br3O4+. The van der Waals surface area contributed by atoms with Crippen molar-refractivity contribution in [2.24, 2.45) is 0 Å². The van der Waals surface area contributed by atoms with Crippen LogP contribution in [0.25, 0.3) is 177 Å². The van der Waals surface area contributed by atoms with E-state index in [2.05, 4.69) is 425 Å². The zero-order chi connectivity index (χ0) is 89.1. The first-order chi connectivity index (χ1) is 63.7. The van der Waals surface area contributed by atoms with Gasteiger partial charge in [0.1, 0.15) is 23.3 Å². The zero-order valence-electron chi connectivity index (χ0n) is 71.3. The Bertz CT molecular complexity index is 7530. The normalized spacial score (nSPS) is 11.0. The van der Waals surface area contributed by atoms with E-state index in [-0.39, 0.29) is 0 Å². The highest BCUT2D eigenvalue weighted by Gasteiger charge is 2.21. The van der Waals surface area contributed by atoms with Crippen LogP contribution in [0.5, 0.6) is 0 Å². The van der Waals surface area contributed by atoms with E-state index in [1.807, 2.05) is 91.0 Å². The van der Waals surface area contributed by atoms with Crippen molar-refractivity contribution in [2.45, 2.75) is 6.92 Å². The van der Waals surface area contributed by atoms with Gasteiger partial charge in [-0.3, -0.25) is 0 Å². The standard InChI is InChI=1S/C42H28.C25H17.C18H15BO2.C18H13Br.C12H8Br2.C6H7BO2/c1-2-11-29(12-3-1)30-13-8-14-31(25-30)32-15-9-16-33(26-32)34-17-10-18-35(27-34)36-23-24-41-39-21-5-4-19-37(39)38-20-6-7-22-40(38)42(41)28-36;1-17-7-6-8-18(15-17)19-13-14-24-22-11-3-2-9-20(22)21-10-4-5-12-23(21)25(24)16-19;20-19(21)18-11-5-10-17(13-18)16-9-4-8-15(12-16)14-6-2-1-3-7-14;19-18-11-5-10-17(13-18)16-9-4-8-15(12-16)14-6-2-1-3-7-14;13-11-5-1-3-9(7-11)10-4-2-6-12(14)8-10;8-7(9)6-4-2-1-3-5-6/h1-28H;3-16H,1H3;1-13,20-21H;1-13H;1-8H;1-5,8-9H/q;+1;;;;. The number of hydrogen-bond acceptors (Lipinski definition) is 4. The fraction of sp³-hybridized carbons (Fsp3) is 0.00826. The van der Waals surface area contributed by atoms with E-state index in [1.54, 1.807) is 36.4 Å². The van der Waals surface area contributed by atoms with Gasteiger partial charge in [0.05, 0.1) is 6.08 Å². The number of aryl methyl sites for hydroxylation is 1. The number of allylic oxidation sites excluding steroid dienone is 2. The van der Waals surface area contributed by atoms with Gasteiger partial charge in [-0.1, -0.05) is 442 Å². The van der Waals surface area contributed by atoms with Gasteiger partial charge in [-0.05, 0) is 252 Å². The second kappa shape index (κ2) is 42.1. The van der Waals surface area contributed by atoms with Crippen molar-refractivity contribution in [1.82, 2.24) is 0 Å². The Morgan fingerprint density at radius 1 is 0.185 bits per heavy atom. The van der Waals surface area contributed by atoms with Crippen molar-refractivity contribution in [3.8, 4) is 111 Å². The molecule has 0 heterocycles. The van der Waals surface area contributed by atoms with Gasteiger partial charge >= 0.3 is 14.2 Å². The summed E-state index contributed by atoms with van der Waals surface area (Å²) in [4.78, 5) is 0. The molecule has 0 unspecified atom stereocenters. The third-order valence-electron chi connectivity index (χ3n) is 23.2. The smallest absolute Gasteiger partial charge is 0.423 e. The Balaban J connectivity index is 0.000000117. The summed E-state index contributed by atoms with van der Waals surface area (Å²) in [5.74, 6) is 0. The molecule has 0 saturated carbocycles. The van der Waals surface area contributed by atoms with Gasteiger partial charge in [-0.25, -0.2) is 0 Å². The maximum absolute atomic E-state index is 9.28. The molecule has 0 amide bonds. The van der Waals surface area contributed by atoms with Gasteiger partial charge in [-0.2, -0.15) is 0 Å². The average Bonchev–Trinajstić information content (AvgIpc) is 0.744. The van der Waals surface area contributed by atoms with Gasteiger partial charge < -0.3 is 20.1 Å². The van der Waals surface area contributed by atoms with E-state index in [1.165, 1.54) is 160 Å². The molecule has 0 atom stereocenters. The molecule has 0 bridgehead atoms. The topological polar surface area (TPSA) is 80.9 Å². The van der Waals surface area contributed by atoms with E-state index in [0.717, 1.165) is 35.7 Å². The Morgan fingerprint density at radius 3 is 0.777 bits per heavy atom. The van der Waals surface area contributed by atoms with E-state index < -0.39 is 14.2 Å². The summed E-state index contributed by atoms with van der Waals surface area (Å²) < 4.78 is 3.32. The van der Waals surface area contributed by atoms with Crippen LogP contribution < -0.4 is 10.9 Å². The lowest BCUT2D eigenvalue weighted by molar-refractivity contribution is 0.424. The number of halogens is 3. The lowest BCUT2D eigenvalue weighted by atomic mass is 9.79. The summed E-state index contributed by atoms with van der Waals surface area (Å²) in [6, 6.07) is 164. The van der Waals surface area contributed by atoms with Crippen LogP contribution in [0.4, 0.5) is 0 Å². The molecule has 21 aromatic rings. The van der Waals surface area contributed by atoms with Crippen LogP contribution in [0, 0.1) is 13.0 Å². The Kier molecular flexibility index (Phi) is 28.4. The highest BCUT2D eigenvalue weighted by Crippen LogP contribution is 2.42. The number of rotatable bonds is 12. The lowest BCUT2D eigenvalue weighted by Gasteiger charge is -2.13. The van der Waals surface area contributed by atoms with Crippen LogP contribution in [-0.4, -0.2) is 34.3 Å². The van der Waals surface area contributed by atoms with E-state index in [9.17, 15) is 10.0 Å². The van der Waals surface area contributed by atoms with E-state index >= 15 is 0 Å². The fourth-order valence-corrected chi connectivity index (χ4v) is 17.9. The monoisotopic (exact) mass is 1860 g/mol. The molecule has 1 aliphatic rings. The van der Waals surface area contributed by atoms with Crippen molar-refractivity contribution in [3.05, 3.63) is 515 Å². The quantitative estimate of drug-likeness (QED) is 0.0558. The summed E-state index contributed by atoms with van der Waals surface area (Å²) in [7, 11) is -2.78. The number of hydrogen-bond donors (Lipinski definition) is 4. The molecule has 0 aromatic heterocycles. The maximum atomic E-state index is 9.28. The zero-order valence-corrected chi connectivity index (χ0v) is 76.1. The Morgan fingerprint density at radius 2 is 0.423 bits per heavy atom. The predicted octanol–water partition coefficient (Wildman–Crippen LogP) is 31.4. The molecule has 4 nitrogen and oxygen atoms in total. The molecule has 0 aliphatic heterocycles. The second-order valence-electron chi connectivity index (χ2n) is 31.8. The van der Waals surface area contributed by atoms with Crippen molar-refractivity contribution in [1.29, 1.82) is 0 Å². The van der Waals surface area contributed by atoms with Crippen LogP contribution >= 0.6 is 47.8 Å². The lowest BCUT2D eigenvalue weighted by Crippen LogP contribution is -2.29. The van der Waals surface area contributed by atoms with E-state index in [4.69, 9.17) is 10.0 Å². The highest BCUT2D eigenvalue weighted by atomic mass is 79.9. The van der Waals surface area contributed by atoms with Crippen molar-refractivity contribution < 1.29 is 20.1 Å². The van der Waals surface area contributed by atoms with Gasteiger partial charge in [0.15, 0.2) is 0 Å². The maximum Gasteiger partial charge on any atom is 0.488 e.